The molecule has 4 nitrogen and oxygen atoms in total. The molecule has 1 atom stereocenters. The van der Waals surface area contributed by atoms with Gasteiger partial charge in [0.25, 0.3) is 0 Å². The van der Waals surface area contributed by atoms with Crippen LogP contribution in [0.15, 0.2) is 84.0 Å². The predicted molar refractivity (Wildman–Crippen MR) is 149 cm³/mol. The number of hydrogen-bond donors (Lipinski definition) is 1. The summed E-state index contributed by atoms with van der Waals surface area (Å²) in [5, 5.41) is 10.9. The van der Waals surface area contributed by atoms with Gasteiger partial charge in [0, 0.05) is 12.3 Å². The second kappa shape index (κ2) is 11.1. The van der Waals surface area contributed by atoms with E-state index in [1.54, 1.807) is 42.6 Å². The van der Waals surface area contributed by atoms with Gasteiger partial charge in [0.1, 0.15) is 11.6 Å². The zero-order valence-corrected chi connectivity index (χ0v) is 23.3. The Hall–Kier alpha value is -2.87. The predicted octanol–water partition coefficient (Wildman–Crippen LogP) is 8.27. The summed E-state index contributed by atoms with van der Waals surface area (Å²) in [6.07, 6.45) is 9.81. The fourth-order valence-corrected chi connectivity index (χ4v) is 5.46. The number of hydrogen-bond acceptors (Lipinski definition) is 3. The number of carboxylic acid groups (broad SMARTS) is 1. The summed E-state index contributed by atoms with van der Waals surface area (Å²) >= 11 is 13.8. The van der Waals surface area contributed by atoms with Crippen LogP contribution in [0.3, 0.4) is 0 Å². The number of fused-ring (bicyclic) bond motifs is 1. The van der Waals surface area contributed by atoms with Crippen molar-refractivity contribution in [3.05, 3.63) is 117 Å². The fourth-order valence-electron chi connectivity index (χ4n) is 4.19. The maximum absolute atomic E-state index is 15.0. The monoisotopic (exact) mass is 574 g/mol. The number of halogens is 4. The van der Waals surface area contributed by atoms with Crippen LogP contribution in [0, 0.1) is 5.82 Å². The lowest BCUT2D eigenvalue weighted by molar-refractivity contribution is -0.142. The molecule has 4 rings (SSSR count). The van der Waals surface area contributed by atoms with Crippen molar-refractivity contribution >= 4 is 40.9 Å². The molecule has 9 heteroatoms. The second-order valence-electron chi connectivity index (χ2n) is 9.71. The van der Waals surface area contributed by atoms with Gasteiger partial charge in [-0.25, -0.2) is 13.8 Å². The van der Waals surface area contributed by atoms with Crippen LogP contribution < -0.4 is 0 Å². The first-order valence-electron chi connectivity index (χ1n) is 11.8. The van der Waals surface area contributed by atoms with Gasteiger partial charge in [0.15, 0.2) is 5.16 Å². The molecule has 0 radical (unpaired) electrons. The van der Waals surface area contributed by atoms with Gasteiger partial charge in [0.05, 0.1) is 32.8 Å². The van der Waals surface area contributed by atoms with Gasteiger partial charge in [-0.3, -0.25) is 4.79 Å². The lowest BCUT2D eigenvalue weighted by Gasteiger charge is -2.29. The summed E-state index contributed by atoms with van der Waals surface area (Å²) in [7, 11) is 0. The van der Waals surface area contributed by atoms with Crippen LogP contribution in [-0.4, -0.2) is 20.6 Å². The van der Waals surface area contributed by atoms with Crippen molar-refractivity contribution in [3.63, 3.8) is 0 Å². The van der Waals surface area contributed by atoms with Crippen molar-refractivity contribution in [2.45, 2.75) is 49.1 Å². The van der Waals surface area contributed by atoms with E-state index in [0.29, 0.717) is 32.9 Å². The maximum atomic E-state index is 15.0. The van der Waals surface area contributed by atoms with E-state index in [2.05, 4.69) is 4.98 Å². The summed E-state index contributed by atoms with van der Waals surface area (Å²) < 4.78 is 31.2. The molecule has 1 aliphatic rings. The van der Waals surface area contributed by atoms with Crippen molar-refractivity contribution in [2.24, 2.45) is 0 Å². The molecule has 0 aliphatic carbocycles. The minimum Gasteiger partial charge on any atom is -0.481 e. The number of aromatic nitrogens is 2. The van der Waals surface area contributed by atoms with Crippen molar-refractivity contribution in [2.75, 3.05) is 0 Å². The Morgan fingerprint density at radius 2 is 1.95 bits per heavy atom. The highest BCUT2D eigenvalue weighted by Gasteiger charge is 2.32. The first-order valence-corrected chi connectivity index (χ1v) is 13.6. The molecular formula is C29H26Cl2F2N2O2S. The summed E-state index contributed by atoms with van der Waals surface area (Å²) in [5.41, 5.74) is 0.571. The van der Waals surface area contributed by atoms with Crippen LogP contribution in [0.5, 0.6) is 0 Å². The van der Waals surface area contributed by atoms with Gasteiger partial charge in [-0.05, 0) is 67.8 Å². The quantitative estimate of drug-likeness (QED) is 0.301. The lowest BCUT2D eigenvalue weighted by atomic mass is 9.79. The normalized spacial score (nSPS) is 19.9. The molecule has 0 fully saturated rings. The lowest BCUT2D eigenvalue weighted by Crippen LogP contribution is -2.28. The third kappa shape index (κ3) is 5.60. The van der Waals surface area contributed by atoms with E-state index in [-0.39, 0.29) is 11.6 Å². The number of thioether (sulfide) groups is 1. The average molecular weight is 576 g/mol. The summed E-state index contributed by atoms with van der Waals surface area (Å²) in [4.78, 5) is 16.2. The van der Waals surface area contributed by atoms with Crippen LogP contribution in [0.1, 0.15) is 43.2 Å². The molecule has 1 aliphatic heterocycles. The molecule has 0 spiro atoms. The zero-order chi connectivity index (χ0) is 27.7. The first kappa shape index (κ1) is 28.1. The van der Waals surface area contributed by atoms with Gasteiger partial charge in [-0.15, -0.1) is 0 Å². The van der Waals surface area contributed by atoms with E-state index in [1.807, 2.05) is 23.6 Å². The Labute approximate surface area is 234 Å². The van der Waals surface area contributed by atoms with E-state index >= 15 is 0 Å². The molecule has 38 heavy (non-hydrogen) atoms. The standard InChI is InChI=1S/C29H26Cl2F2N2O2S/c1-28(2,26(36)37)19-9-8-18(24(33)15-19)17-38-27-34-16-25-29(3,20-10-11-22(30)23(31)14-20)12-4-6-21(32)7-5-13-35(25)27/h4-12,14-16H,13,17H2,1-3H3,(H,36,37)/b7-5-,12-4?,21-6+. The smallest absolute Gasteiger partial charge is 0.313 e. The summed E-state index contributed by atoms with van der Waals surface area (Å²) in [6.45, 7) is 5.41. The molecule has 2 heterocycles. The first-order chi connectivity index (χ1) is 17.9. The van der Waals surface area contributed by atoms with Gasteiger partial charge >= 0.3 is 5.97 Å². The largest absolute Gasteiger partial charge is 0.481 e. The van der Waals surface area contributed by atoms with Crippen LogP contribution in [0.4, 0.5) is 8.78 Å². The molecule has 0 amide bonds. The van der Waals surface area contributed by atoms with E-state index in [0.717, 1.165) is 11.3 Å². The number of allylic oxidation sites excluding steroid dienone is 6. The number of benzene rings is 2. The number of rotatable bonds is 6. The summed E-state index contributed by atoms with van der Waals surface area (Å²) in [6, 6.07) is 9.91. The third-order valence-electron chi connectivity index (χ3n) is 6.79. The van der Waals surface area contributed by atoms with Crippen LogP contribution >= 0.6 is 35.0 Å². The molecule has 1 aromatic heterocycles. The van der Waals surface area contributed by atoms with Crippen molar-refractivity contribution in [3.8, 4) is 0 Å². The highest BCUT2D eigenvalue weighted by molar-refractivity contribution is 7.98. The van der Waals surface area contributed by atoms with E-state index in [9.17, 15) is 18.7 Å². The van der Waals surface area contributed by atoms with Gasteiger partial charge in [-0.1, -0.05) is 71.4 Å². The molecular weight excluding hydrogens is 549 g/mol. The number of carboxylic acids is 1. The third-order valence-corrected chi connectivity index (χ3v) is 8.56. The Morgan fingerprint density at radius 1 is 1.18 bits per heavy atom. The van der Waals surface area contributed by atoms with Gasteiger partial charge in [0.2, 0.25) is 0 Å². The van der Waals surface area contributed by atoms with E-state index in [4.69, 9.17) is 23.2 Å². The molecule has 198 valence electrons. The van der Waals surface area contributed by atoms with Crippen molar-refractivity contribution in [1.29, 1.82) is 0 Å². The van der Waals surface area contributed by atoms with Crippen molar-refractivity contribution < 1.29 is 18.7 Å². The van der Waals surface area contributed by atoms with E-state index < -0.39 is 22.6 Å². The molecule has 2 aromatic carbocycles. The highest BCUT2D eigenvalue weighted by atomic mass is 35.5. The Morgan fingerprint density at radius 3 is 2.63 bits per heavy atom. The van der Waals surface area contributed by atoms with Crippen LogP contribution in [-0.2, 0) is 27.9 Å². The van der Waals surface area contributed by atoms with Gasteiger partial charge < -0.3 is 9.67 Å². The fraction of sp³-hybridized carbons (Fsp3) is 0.241. The molecule has 0 saturated carbocycles. The summed E-state index contributed by atoms with van der Waals surface area (Å²) in [5.74, 6) is -1.62. The topological polar surface area (TPSA) is 55.1 Å². The Kier molecular flexibility index (Phi) is 8.21. The zero-order valence-electron chi connectivity index (χ0n) is 21.0. The number of imidazole rings is 1. The molecule has 3 aromatic rings. The second-order valence-corrected chi connectivity index (χ2v) is 11.5. The van der Waals surface area contributed by atoms with Crippen molar-refractivity contribution in [1.82, 2.24) is 9.55 Å². The molecule has 1 N–H and O–H groups in total. The van der Waals surface area contributed by atoms with Crippen LogP contribution in [0.25, 0.3) is 0 Å². The van der Waals surface area contributed by atoms with Gasteiger partial charge in [-0.2, -0.15) is 0 Å². The minimum absolute atomic E-state index is 0.271. The molecule has 0 bridgehead atoms. The average Bonchev–Trinajstić information content (AvgIpc) is 3.27. The minimum atomic E-state index is -1.21. The van der Waals surface area contributed by atoms with E-state index in [1.165, 1.54) is 43.8 Å². The number of aliphatic carboxylic acids is 1. The number of carbonyl (C=O) groups is 1. The molecule has 0 saturated heterocycles. The molecule has 1 unspecified atom stereocenters. The number of nitrogens with zero attached hydrogens (tertiary/aromatic N) is 2. The SMILES string of the molecule is CC(C)(C(=O)O)c1ccc(CSc2ncc3n2C/C=C\C(F)=C/C=CC3(C)c2ccc(Cl)c(Cl)c2)c(F)c1. The van der Waals surface area contributed by atoms with Crippen LogP contribution in [0.2, 0.25) is 10.0 Å². The maximum Gasteiger partial charge on any atom is 0.313 e. The Balaban J connectivity index is 1.71. The Bertz CT molecular complexity index is 1480. The highest BCUT2D eigenvalue weighted by Crippen LogP contribution is 2.39.